The van der Waals surface area contributed by atoms with Crippen LogP contribution in [0.3, 0.4) is 0 Å². The van der Waals surface area contributed by atoms with Crippen molar-refractivity contribution in [2.45, 2.75) is 59.2 Å². The monoisotopic (exact) mass is 579 g/mol. The summed E-state index contributed by atoms with van der Waals surface area (Å²) in [7, 11) is -3.84. The molecule has 0 unspecified atom stereocenters. The Labute approximate surface area is 244 Å². The quantitative estimate of drug-likeness (QED) is 0.298. The van der Waals surface area contributed by atoms with Crippen molar-refractivity contribution >= 4 is 27.5 Å². The molecule has 0 fully saturated rings. The summed E-state index contributed by atoms with van der Waals surface area (Å²) >= 11 is 0. The number of amides is 2. The minimum absolute atomic E-state index is 0.0902. The first-order chi connectivity index (χ1) is 19.5. The van der Waals surface area contributed by atoms with Gasteiger partial charge in [0, 0.05) is 19.0 Å². The molecule has 8 nitrogen and oxygen atoms in total. The average Bonchev–Trinajstić information content (AvgIpc) is 2.95. The number of hydrogen-bond donors (Lipinski definition) is 1. The Morgan fingerprint density at radius 3 is 2.15 bits per heavy atom. The van der Waals surface area contributed by atoms with Gasteiger partial charge in [0.2, 0.25) is 21.8 Å². The van der Waals surface area contributed by atoms with Gasteiger partial charge in [0.1, 0.15) is 18.3 Å². The van der Waals surface area contributed by atoms with E-state index >= 15 is 0 Å². The van der Waals surface area contributed by atoms with E-state index in [1.54, 1.807) is 24.3 Å². The van der Waals surface area contributed by atoms with Crippen molar-refractivity contribution < 1.29 is 22.7 Å². The summed E-state index contributed by atoms with van der Waals surface area (Å²) in [5, 5.41) is 3.04. The molecule has 0 saturated carbocycles. The van der Waals surface area contributed by atoms with Gasteiger partial charge in [0.05, 0.1) is 18.6 Å². The standard InChI is InChI=1S/C32H41N3O5S/c1-6-25(4)33-32(37)30(21-26-14-9-8-10-15-26)34(22-27-16-12-11-13-24(27)3)31(36)23-35(41(5,38)39)28-17-19-29(20-18-28)40-7-2/h8-20,25,30H,6-7,21-23H2,1-5H3,(H,33,37)/t25-,30+/m1/s1. The third kappa shape index (κ3) is 9.08. The van der Waals surface area contributed by atoms with Crippen molar-refractivity contribution in [1.82, 2.24) is 10.2 Å². The fourth-order valence-electron chi connectivity index (χ4n) is 4.46. The van der Waals surface area contributed by atoms with Gasteiger partial charge in [-0.3, -0.25) is 13.9 Å². The van der Waals surface area contributed by atoms with E-state index in [1.807, 2.05) is 82.3 Å². The van der Waals surface area contributed by atoms with Gasteiger partial charge in [0.25, 0.3) is 0 Å². The molecule has 0 radical (unpaired) electrons. The van der Waals surface area contributed by atoms with Crippen LogP contribution in [0.1, 0.15) is 43.9 Å². The molecule has 0 saturated heterocycles. The first-order valence-electron chi connectivity index (χ1n) is 13.9. The van der Waals surface area contributed by atoms with E-state index < -0.39 is 28.5 Å². The van der Waals surface area contributed by atoms with E-state index in [0.717, 1.165) is 33.7 Å². The lowest BCUT2D eigenvalue weighted by Gasteiger charge is -2.34. The Morgan fingerprint density at radius 1 is 0.927 bits per heavy atom. The topological polar surface area (TPSA) is 96.0 Å². The van der Waals surface area contributed by atoms with Crippen LogP contribution >= 0.6 is 0 Å². The summed E-state index contributed by atoms with van der Waals surface area (Å²) in [6.07, 6.45) is 2.08. The van der Waals surface area contributed by atoms with Crippen molar-refractivity contribution in [3.8, 4) is 5.75 Å². The summed E-state index contributed by atoms with van der Waals surface area (Å²) in [4.78, 5) is 29.4. The van der Waals surface area contributed by atoms with Crippen LogP contribution in [0.5, 0.6) is 5.75 Å². The summed E-state index contributed by atoms with van der Waals surface area (Å²) in [6.45, 7) is 7.88. The largest absolute Gasteiger partial charge is 0.494 e. The Hall–Kier alpha value is -3.85. The number of sulfonamides is 1. The number of hydrogen-bond acceptors (Lipinski definition) is 5. The van der Waals surface area contributed by atoms with Crippen LogP contribution in [0, 0.1) is 6.92 Å². The molecule has 0 aliphatic heterocycles. The number of rotatable bonds is 14. The molecule has 2 amide bonds. The molecule has 0 aliphatic rings. The summed E-state index contributed by atoms with van der Waals surface area (Å²) in [6, 6.07) is 22.8. The predicted molar refractivity (Wildman–Crippen MR) is 163 cm³/mol. The number of nitrogens with zero attached hydrogens (tertiary/aromatic N) is 2. The number of carbonyl (C=O) groups is 2. The van der Waals surface area contributed by atoms with E-state index in [4.69, 9.17) is 4.74 Å². The maximum atomic E-state index is 14.2. The molecule has 0 aliphatic carbocycles. The van der Waals surface area contributed by atoms with Gasteiger partial charge in [-0.15, -0.1) is 0 Å². The highest BCUT2D eigenvalue weighted by Gasteiger charge is 2.33. The minimum Gasteiger partial charge on any atom is -0.494 e. The number of nitrogens with one attached hydrogen (secondary N) is 1. The van der Waals surface area contributed by atoms with Crippen LogP contribution in [-0.4, -0.2) is 56.6 Å². The molecule has 41 heavy (non-hydrogen) atoms. The molecular formula is C32H41N3O5S. The molecule has 3 rings (SSSR count). The molecule has 1 N–H and O–H groups in total. The van der Waals surface area contributed by atoms with Gasteiger partial charge < -0.3 is 15.0 Å². The highest BCUT2D eigenvalue weighted by atomic mass is 32.2. The molecule has 2 atom stereocenters. The summed E-state index contributed by atoms with van der Waals surface area (Å²) in [5.74, 6) is -0.160. The molecule has 0 bridgehead atoms. The zero-order valence-corrected chi connectivity index (χ0v) is 25.4. The molecule has 3 aromatic carbocycles. The van der Waals surface area contributed by atoms with Crippen molar-refractivity contribution in [1.29, 1.82) is 0 Å². The summed E-state index contributed by atoms with van der Waals surface area (Å²) in [5.41, 5.74) is 3.08. The van der Waals surface area contributed by atoms with E-state index in [2.05, 4.69) is 5.32 Å². The van der Waals surface area contributed by atoms with Crippen molar-refractivity contribution in [2.75, 3.05) is 23.7 Å². The molecule has 3 aromatic rings. The zero-order chi connectivity index (χ0) is 30.0. The third-order valence-corrected chi connectivity index (χ3v) is 8.13. The van der Waals surface area contributed by atoms with Crippen molar-refractivity contribution in [3.63, 3.8) is 0 Å². The molecule has 0 aromatic heterocycles. The molecule has 220 valence electrons. The van der Waals surface area contributed by atoms with Crippen LogP contribution in [-0.2, 0) is 32.6 Å². The second-order valence-electron chi connectivity index (χ2n) is 10.2. The SMILES string of the molecule is CCOc1ccc(N(CC(=O)N(Cc2ccccc2C)[C@@H](Cc2ccccc2)C(=O)N[C@H](C)CC)S(C)(=O)=O)cc1. The zero-order valence-electron chi connectivity index (χ0n) is 24.5. The van der Waals surface area contributed by atoms with Gasteiger partial charge in [-0.25, -0.2) is 8.42 Å². The van der Waals surface area contributed by atoms with E-state index in [1.165, 1.54) is 4.90 Å². The lowest BCUT2D eigenvalue weighted by atomic mass is 10.0. The number of aryl methyl sites for hydroxylation is 1. The maximum Gasteiger partial charge on any atom is 0.244 e. The third-order valence-electron chi connectivity index (χ3n) is 6.99. The second kappa shape index (κ2) is 14.7. The minimum atomic E-state index is -3.84. The lowest BCUT2D eigenvalue weighted by Crippen LogP contribution is -2.54. The fraction of sp³-hybridized carbons (Fsp3) is 0.375. The number of anilines is 1. The lowest BCUT2D eigenvalue weighted by molar-refractivity contribution is -0.140. The van der Waals surface area contributed by atoms with Crippen LogP contribution in [0.25, 0.3) is 0 Å². The molecular weight excluding hydrogens is 538 g/mol. The van der Waals surface area contributed by atoms with E-state index in [-0.39, 0.29) is 24.9 Å². The van der Waals surface area contributed by atoms with Crippen molar-refractivity contribution in [2.24, 2.45) is 0 Å². The number of carbonyl (C=O) groups excluding carboxylic acids is 2. The Kier molecular flexibility index (Phi) is 11.3. The molecule has 9 heteroatoms. The van der Waals surface area contributed by atoms with E-state index in [0.29, 0.717) is 18.0 Å². The Bertz CT molecular complexity index is 1390. The average molecular weight is 580 g/mol. The van der Waals surface area contributed by atoms with Gasteiger partial charge in [-0.1, -0.05) is 61.5 Å². The highest BCUT2D eigenvalue weighted by molar-refractivity contribution is 7.92. The normalized spacial score (nSPS) is 12.7. The predicted octanol–water partition coefficient (Wildman–Crippen LogP) is 4.71. The van der Waals surface area contributed by atoms with Crippen LogP contribution in [0.15, 0.2) is 78.9 Å². The highest BCUT2D eigenvalue weighted by Crippen LogP contribution is 2.23. The Balaban J connectivity index is 2.05. The van der Waals surface area contributed by atoms with Crippen LogP contribution in [0.2, 0.25) is 0 Å². The van der Waals surface area contributed by atoms with E-state index in [9.17, 15) is 18.0 Å². The van der Waals surface area contributed by atoms with Gasteiger partial charge in [0.15, 0.2) is 0 Å². The molecule has 0 spiro atoms. The summed E-state index contributed by atoms with van der Waals surface area (Å²) < 4.78 is 32.4. The van der Waals surface area contributed by atoms with Crippen molar-refractivity contribution in [3.05, 3.63) is 95.6 Å². The Morgan fingerprint density at radius 2 is 1.56 bits per heavy atom. The van der Waals surface area contributed by atoms with Gasteiger partial charge >= 0.3 is 0 Å². The molecule has 0 heterocycles. The maximum absolute atomic E-state index is 14.2. The van der Waals surface area contributed by atoms with Gasteiger partial charge in [-0.05, 0) is 68.1 Å². The number of ether oxygens (including phenoxy) is 1. The first kappa shape index (κ1) is 31.7. The first-order valence-corrected chi connectivity index (χ1v) is 15.8. The fourth-order valence-corrected chi connectivity index (χ4v) is 5.30. The van der Waals surface area contributed by atoms with Crippen LogP contribution < -0.4 is 14.4 Å². The second-order valence-corrected chi connectivity index (χ2v) is 12.1. The smallest absolute Gasteiger partial charge is 0.244 e. The number of benzene rings is 3. The van der Waals surface area contributed by atoms with Crippen LogP contribution in [0.4, 0.5) is 5.69 Å². The van der Waals surface area contributed by atoms with Gasteiger partial charge in [-0.2, -0.15) is 0 Å².